The minimum Gasteiger partial charge on any atom is -0.341 e. The zero-order valence-electron chi connectivity index (χ0n) is 11.6. The lowest BCUT2D eigenvalue weighted by molar-refractivity contribution is 0.0926. The summed E-state index contributed by atoms with van der Waals surface area (Å²) >= 11 is 0. The first-order valence-corrected chi connectivity index (χ1v) is 6.59. The molecule has 0 aliphatic heterocycles. The predicted octanol–water partition coefficient (Wildman–Crippen LogP) is 1.38. The molecule has 6 nitrogen and oxygen atoms in total. The largest absolute Gasteiger partial charge is 0.341 e. The van der Waals surface area contributed by atoms with Crippen LogP contribution in [0.3, 0.4) is 0 Å². The molecule has 2 rings (SSSR count). The van der Waals surface area contributed by atoms with Gasteiger partial charge >= 0.3 is 0 Å². The van der Waals surface area contributed by atoms with Crippen LogP contribution in [-0.2, 0) is 7.05 Å². The summed E-state index contributed by atoms with van der Waals surface area (Å²) < 4.78 is 1.88. The Labute approximate surface area is 116 Å². The van der Waals surface area contributed by atoms with E-state index in [4.69, 9.17) is 0 Å². The van der Waals surface area contributed by atoms with Gasteiger partial charge < -0.3 is 14.9 Å². The summed E-state index contributed by atoms with van der Waals surface area (Å²) in [7, 11) is 1.89. The van der Waals surface area contributed by atoms with Crippen LogP contribution >= 0.6 is 0 Å². The molecule has 1 unspecified atom stereocenters. The van der Waals surface area contributed by atoms with E-state index in [0.717, 1.165) is 18.7 Å². The van der Waals surface area contributed by atoms with Gasteiger partial charge in [0.05, 0.1) is 6.04 Å². The Morgan fingerprint density at radius 3 is 2.90 bits per heavy atom. The van der Waals surface area contributed by atoms with Crippen LogP contribution in [-0.4, -0.2) is 20.4 Å². The molecule has 2 N–H and O–H groups in total. The molecule has 0 aliphatic rings. The zero-order valence-corrected chi connectivity index (χ0v) is 11.6. The average molecular weight is 274 g/mol. The minimum atomic E-state index is -0.302. The number of carbonyl (C=O) groups is 1. The third-order valence-electron chi connectivity index (χ3n) is 3.07. The number of aromatic amines is 1. The highest BCUT2D eigenvalue weighted by Crippen LogP contribution is 2.16. The standard InChI is InChI=1S/C14H18N4O2/c1-3-5-10(13-15-8-9-18(13)2)17-14(20)11-6-4-7-12(19)16-11/h4,6-10H,3,5H2,1-2H3,(H,16,19)(H,17,20). The number of carbonyl (C=O) groups excluding carboxylic acids is 1. The zero-order chi connectivity index (χ0) is 14.5. The van der Waals surface area contributed by atoms with Crippen molar-refractivity contribution >= 4 is 5.91 Å². The maximum atomic E-state index is 12.2. The van der Waals surface area contributed by atoms with Gasteiger partial charge in [-0.3, -0.25) is 9.59 Å². The first-order valence-electron chi connectivity index (χ1n) is 6.59. The van der Waals surface area contributed by atoms with Crippen molar-refractivity contribution in [1.29, 1.82) is 0 Å². The summed E-state index contributed by atoms with van der Waals surface area (Å²) in [5.41, 5.74) is -0.0329. The number of aryl methyl sites for hydroxylation is 1. The van der Waals surface area contributed by atoms with Crippen molar-refractivity contribution in [1.82, 2.24) is 19.9 Å². The van der Waals surface area contributed by atoms with E-state index in [-0.39, 0.29) is 23.2 Å². The lowest BCUT2D eigenvalue weighted by atomic mass is 10.1. The summed E-state index contributed by atoms with van der Waals surface area (Å²) in [6.07, 6.45) is 5.25. The second kappa shape index (κ2) is 6.18. The maximum Gasteiger partial charge on any atom is 0.268 e. The Balaban J connectivity index is 2.18. The topological polar surface area (TPSA) is 79.8 Å². The Kier molecular flexibility index (Phi) is 4.34. The normalized spacial score (nSPS) is 12.1. The molecule has 0 radical (unpaired) electrons. The van der Waals surface area contributed by atoms with Gasteiger partial charge in [-0.05, 0) is 12.5 Å². The molecule has 0 saturated carbocycles. The summed E-state index contributed by atoms with van der Waals surface area (Å²) in [6.45, 7) is 2.05. The molecule has 1 amide bonds. The summed E-state index contributed by atoms with van der Waals surface area (Å²) in [4.78, 5) is 30.2. The van der Waals surface area contributed by atoms with Crippen LogP contribution in [0.1, 0.15) is 42.1 Å². The van der Waals surface area contributed by atoms with Gasteiger partial charge in [-0.25, -0.2) is 4.98 Å². The molecule has 6 heteroatoms. The Hall–Kier alpha value is -2.37. The molecule has 2 heterocycles. The van der Waals surface area contributed by atoms with E-state index in [1.54, 1.807) is 18.3 Å². The third-order valence-corrected chi connectivity index (χ3v) is 3.07. The van der Waals surface area contributed by atoms with E-state index in [1.165, 1.54) is 6.07 Å². The molecule has 0 bridgehead atoms. The number of hydrogen-bond acceptors (Lipinski definition) is 3. The molecule has 0 spiro atoms. The number of amides is 1. The highest BCUT2D eigenvalue weighted by atomic mass is 16.2. The molecule has 20 heavy (non-hydrogen) atoms. The van der Waals surface area contributed by atoms with Gasteiger partial charge in [-0.1, -0.05) is 19.4 Å². The van der Waals surface area contributed by atoms with E-state index >= 15 is 0 Å². The van der Waals surface area contributed by atoms with Gasteiger partial charge in [0.1, 0.15) is 11.5 Å². The molecular weight excluding hydrogens is 256 g/mol. The molecule has 106 valence electrons. The number of aromatic nitrogens is 3. The maximum absolute atomic E-state index is 12.2. The second-order valence-electron chi connectivity index (χ2n) is 4.64. The van der Waals surface area contributed by atoms with E-state index < -0.39 is 0 Å². The summed E-state index contributed by atoms with van der Waals surface area (Å²) in [5, 5.41) is 2.91. The van der Waals surface area contributed by atoms with Crippen LogP contribution in [0.25, 0.3) is 0 Å². The van der Waals surface area contributed by atoms with Crippen LogP contribution in [0.5, 0.6) is 0 Å². The van der Waals surface area contributed by atoms with E-state index in [1.807, 2.05) is 24.7 Å². The van der Waals surface area contributed by atoms with Crippen LogP contribution < -0.4 is 10.9 Å². The van der Waals surface area contributed by atoms with Gasteiger partial charge in [0.25, 0.3) is 5.91 Å². The van der Waals surface area contributed by atoms with Gasteiger partial charge in [0.15, 0.2) is 0 Å². The van der Waals surface area contributed by atoms with Crippen molar-refractivity contribution in [3.05, 3.63) is 52.5 Å². The number of nitrogens with zero attached hydrogens (tertiary/aromatic N) is 2. The molecule has 0 aliphatic carbocycles. The first-order chi connectivity index (χ1) is 9.61. The van der Waals surface area contributed by atoms with E-state index in [9.17, 15) is 9.59 Å². The predicted molar refractivity (Wildman–Crippen MR) is 75.4 cm³/mol. The van der Waals surface area contributed by atoms with E-state index in [0.29, 0.717) is 0 Å². The van der Waals surface area contributed by atoms with Crippen molar-refractivity contribution in [3.8, 4) is 0 Å². The van der Waals surface area contributed by atoms with Crippen LogP contribution in [0.2, 0.25) is 0 Å². The third kappa shape index (κ3) is 3.14. The number of rotatable bonds is 5. The van der Waals surface area contributed by atoms with Gasteiger partial charge in [-0.15, -0.1) is 0 Å². The lowest BCUT2D eigenvalue weighted by Crippen LogP contribution is -2.31. The number of nitrogens with one attached hydrogen (secondary N) is 2. The lowest BCUT2D eigenvalue weighted by Gasteiger charge is -2.17. The van der Waals surface area contributed by atoms with Crippen LogP contribution in [0, 0.1) is 0 Å². The van der Waals surface area contributed by atoms with Crippen molar-refractivity contribution < 1.29 is 4.79 Å². The summed E-state index contributed by atoms with van der Waals surface area (Å²) in [5.74, 6) is 0.502. The van der Waals surface area contributed by atoms with Crippen molar-refractivity contribution in [3.63, 3.8) is 0 Å². The Bertz CT molecular complexity index is 644. The highest BCUT2D eigenvalue weighted by molar-refractivity contribution is 5.92. The fraction of sp³-hybridized carbons (Fsp3) is 0.357. The highest BCUT2D eigenvalue weighted by Gasteiger charge is 2.18. The van der Waals surface area contributed by atoms with Gasteiger partial charge in [0.2, 0.25) is 5.56 Å². The number of H-pyrrole nitrogens is 1. The van der Waals surface area contributed by atoms with Gasteiger partial charge in [-0.2, -0.15) is 0 Å². The fourth-order valence-electron chi connectivity index (χ4n) is 2.08. The number of pyridine rings is 1. The van der Waals surface area contributed by atoms with Crippen molar-refractivity contribution in [2.24, 2.45) is 7.05 Å². The molecule has 2 aromatic heterocycles. The average Bonchev–Trinajstić information content (AvgIpc) is 2.84. The Morgan fingerprint density at radius 1 is 1.50 bits per heavy atom. The number of hydrogen-bond donors (Lipinski definition) is 2. The molecular formula is C14H18N4O2. The molecule has 1 atom stereocenters. The molecule has 0 saturated heterocycles. The fourth-order valence-corrected chi connectivity index (χ4v) is 2.08. The SMILES string of the molecule is CCCC(NC(=O)c1cccc(=O)[nH]1)c1nccn1C. The quantitative estimate of drug-likeness (QED) is 0.864. The van der Waals surface area contributed by atoms with Crippen molar-refractivity contribution in [2.75, 3.05) is 0 Å². The smallest absolute Gasteiger partial charge is 0.268 e. The monoisotopic (exact) mass is 274 g/mol. The molecule has 0 fully saturated rings. The van der Waals surface area contributed by atoms with Gasteiger partial charge in [0, 0.05) is 25.5 Å². The van der Waals surface area contributed by atoms with E-state index in [2.05, 4.69) is 15.3 Å². The summed E-state index contributed by atoms with van der Waals surface area (Å²) in [6, 6.07) is 4.34. The molecule has 0 aromatic carbocycles. The van der Waals surface area contributed by atoms with Crippen LogP contribution in [0.15, 0.2) is 35.4 Å². The molecule has 2 aromatic rings. The van der Waals surface area contributed by atoms with Crippen LogP contribution in [0.4, 0.5) is 0 Å². The number of imidazole rings is 1. The Morgan fingerprint density at radius 2 is 2.30 bits per heavy atom. The van der Waals surface area contributed by atoms with Crippen molar-refractivity contribution in [2.45, 2.75) is 25.8 Å². The first kappa shape index (κ1) is 14.0. The second-order valence-corrected chi connectivity index (χ2v) is 4.64. The minimum absolute atomic E-state index is 0.170.